The summed E-state index contributed by atoms with van der Waals surface area (Å²) in [7, 11) is -3.15. The highest BCUT2D eigenvalue weighted by atomic mass is 32.2. The Kier molecular flexibility index (Phi) is 3.49. The van der Waals surface area contributed by atoms with Gasteiger partial charge in [0.05, 0.1) is 11.6 Å². The first-order chi connectivity index (χ1) is 6.41. The zero-order chi connectivity index (χ0) is 10.8. The average molecular weight is 219 g/mol. The van der Waals surface area contributed by atoms with E-state index in [9.17, 15) is 8.42 Å². The predicted molar refractivity (Wildman–Crippen MR) is 55.6 cm³/mol. The van der Waals surface area contributed by atoms with Crippen LogP contribution >= 0.6 is 0 Å². The van der Waals surface area contributed by atoms with E-state index in [0.29, 0.717) is 5.92 Å². The number of hydrogen-bond acceptors (Lipinski definition) is 3. The van der Waals surface area contributed by atoms with Crippen molar-refractivity contribution in [3.63, 3.8) is 0 Å². The number of nitrogens with two attached hydrogens (primary N) is 1. The van der Waals surface area contributed by atoms with Crippen molar-refractivity contribution < 1.29 is 8.42 Å². The Morgan fingerprint density at radius 1 is 1.64 bits per heavy atom. The van der Waals surface area contributed by atoms with Gasteiger partial charge in [-0.25, -0.2) is 13.1 Å². The smallest absolute Gasteiger partial charge is 0.211 e. The van der Waals surface area contributed by atoms with Crippen LogP contribution in [0.2, 0.25) is 0 Å². The van der Waals surface area contributed by atoms with E-state index in [2.05, 4.69) is 4.72 Å². The summed E-state index contributed by atoms with van der Waals surface area (Å²) in [5.41, 5.74) is 5.23. The number of amidine groups is 1. The van der Waals surface area contributed by atoms with E-state index in [-0.39, 0.29) is 24.1 Å². The normalized spacial score (nSPS) is 19.2. The summed E-state index contributed by atoms with van der Waals surface area (Å²) < 4.78 is 25.2. The standard InChI is InChI=1S/C8H17N3O2S/c1-6(8(9)10)4-11-14(12,13)5-7-2-3-7/h6-7,11H,2-5H2,1H3,(H3,9,10). The maximum Gasteiger partial charge on any atom is 0.211 e. The number of hydrogen-bond donors (Lipinski definition) is 3. The van der Waals surface area contributed by atoms with Crippen LogP contribution in [0, 0.1) is 17.2 Å². The second-order valence-corrected chi connectivity index (χ2v) is 5.78. The van der Waals surface area contributed by atoms with Crippen LogP contribution in [0.1, 0.15) is 19.8 Å². The van der Waals surface area contributed by atoms with Crippen LogP contribution in [0.15, 0.2) is 0 Å². The molecule has 6 heteroatoms. The molecule has 1 saturated carbocycles. The van der Waals surface area contributed by atoms with Crippen LogP contribution in [-0.4, -0.2) is 26.6 Å². The lowest BCUT2D eigenvalue weighted by molar-refractivity contribution is 0.570. The topological polar surface area (TPSA) is 96.0 Å². The second kappa shape index (κ2) is 4.27. The molecule has 0 aromatic carbocycles. The molecular weight excluding hydrogens is 202 g/mol. The third-order valence-corrected chi connectivity index (χ3v) is 3.81. The van der Waals surface area contributed by atoms with Crippen molar-refractivity contribution in [2.24, 2.45) is 17.6 Å². The maximum absolute atomic E-state index is 11.4. The highest BCUT2D eigenvalue weighted by molar-refractivity contribution is 7.89. The molecule has 4 N–H and O–H groups in total. The van der Waals surface area contributed by atoms with E-state index in [1.54, 1.807) is 6.92 Å². The average Bonchev–Trinajstić information content (AvgIpc) is 2.83. The van der Waals surface area contributed by atoms with E-state index in [0.717, 1.165) is 12.8 Å². The molecule has 5 nitrogen and oxygen atoms in total. The minimum atomic E-state index is -3.15. The van der Waals surface area contributed by atoms with Crippen molar-refractivity contribution in [3.8, 4) is 0 Å². The molecule has 1 rings (SSSR count). The third-order valence-electron chi connectivity index (χ3n) is 2.29. The first-order valence-electron chi connectivity index (χ1n) is 4.72. The van der Waals surface area contributed by atoms with Gasteiger partial charge in [0.2, 0.25) is 10.0 Å². The quantitative estimate of drug-likeness (QED) is 0.429. The van der Waals surface area contributed by atoms with Crippen molar-refractivity contribution in [2.45, 2.75) is 19.8 Å². The molecule has 1 fully saturated rings. The van der Waals surface area contributed by atoms with Gasteiger partial charge in [-0.1, -0.05) is 6.92 Å². The number of nitrogens with one attached hydrogen (secondary N) is 2. The summed E-state index contributed by atoms with van der Waals surface area (Å²) in [4.78, 5) is 0. The maximum atomic E-state index is 11.4. The Morgan fingerprint density at radius 3 is 2.64 bits per heavy atom. The minimum Gasteiger partial charge on any atom is -0.387 e. The molecule has 0 bridgehead atoms. The molecule has 0 spiro atoms. The molecule has 82 valence electrons. The summed E-state index contributed by atoms with van der Waals surface area (Å²) >= 11 is 0. The summed E-state index contributed by atoms with van der Waals surface area (Å²) in [5, 5.41) is 7.11. The van der Waals surface area contributed by atoms with Gasteiger partial charge in [-0.3, -0.25) is 5.41 Å². The molecule has 0 aromatic heterocycles. The van der Waals surface area contributed by atoms with Gasteiger partial charge in [0.1, 0.15) is 0 Å². The predicted octanol–water partition coefficient (Wildman–Crippen LogP) is -0.112. The van der Waals surface area contributed by atoms with Gasteiger partial charge in [-0.2, -0.15) is 0 Å². The molecule has 1 aliphatic rings. The highest BCUT2D eigenvalue weighted by Crippen LogP contribution is 2.29. The van der Waals surface area contributed by atoms with Crippen LogP contribution in [-0.2, 0) is 10.0 Å². The van der Waals surface area contributed by atoms with Crippen molar-refractivity contribution in [1.82, 2.24) is 4.72 Å². The third kappa shape index (κ3) is 4.06. The van der Waals surface area contributed by atoms with Gasteiger partial charge in [-0.05, 0) is 18.8 Å². The summed E-state index contributed by atoms with van der Waals surface area (Å²) in [6, 6.07) is 0. The first kappa shape index (κ1) is 11.5. The summed E-state index contributed by atoms with van der Waals surface area (Å²) in [5.74, 6) is 0.348. The van der Waals surface area contributed by atoms with Crippen molar-refractivity contribution in [3.05, 3.63) is 0 Å². The molecule has 0 heterocycles. The summed E-state index contributed by atoms with van der Waals surface area (Å²) in [6.07, 6.45) is 2.03. The fourth-order valence-electron chi connectivity index (χ4n) is 1.02. The van der Waals surface area contributed by atoms with Crippen molar-refractivity contribution in [2.75, 3.05) is 12.3 Å². The summed E-state index contributed by atoms with van der Waals surface area (Å²) in [6.45, 7) is 1.95. The van der Waals surface area contributed by atoms with Gasteiger partial charge in [0.15, 0.2) is 0 Å². The molecule has 1 atom stereocenters. The molecule has 0 saturated heterocycles. The van der Waals surface area contributed by atoms with Gasteiger partial charge >= 0.3 is 0 Å². The molecule has 0 aromatic rings. The molecule has 14 heavy (non-hydrogen) atoms. The lowest BCUT2D eigenvalue weighted by Crippen LogP contribution is -2.35. The van der Waals surface area contributed by atoms with E-state index in [1.165, 1.54) is 0 Å². The van der Waals surface area contributed by atoms with Crippen LogP contribution in [0.4, 0.5) is 0 Å². The molecule has 0 radical (unpaired) electrons. The van der Waals surface area contributed by atoms with Gasteiger partial charge in [0, 0.05) is 12.5 Å². The molecule has 1 aliphatic carbocycles. The van der Waals surface area contributed by atoms with Gasteiger partial charge < -0.3 is 5.73 Å². The Hall–Kier alpha value is -0.620. The SMILES string of the molecule is CC(CNS(=O)(=O)CC1CC1)C(=N)N. The Morgan fingerprint density at radius 2 is 2.21 bits per heavy atom. The molecule has 0 amide bonds. The van der Waals surface area contributed by atoms with Crippen LogP contribution in [0.5, 0.6) is 0 Å². The van der Waals surface area contributed by atoms with Gasteiger partial charge in [-0.15, -0.1) is 0 Å². The van der Waals surface area contributed by atoms with E-state index in [4.69, 9.17) is 11.1 Å². The lowest BCUT2D eigenvalue weighted by Gasteiger charge is -2.10. The van der Waals surface area contributed by atoms with E-state index >= 15 is 0 Å². The van der Waals surface area contributed by atoms with Gasteiger partial charge in [0.25, 0.3) is 0 Å². The zero-order valence-corrected chi connectivity index (χ0v) is 9.10. The molecule has 0 aliphatic heterocycles. The fraction of sp³-hybridized carbons (Fsp3) is 0.875. The lowest BCUT2D eigenvalue weighted by atomic mass is 10.2. The van der Waals surface area contributed by atoms with Crippen molar-refractivity contribution in [1.29, 1.82) is 5.41 Å². The minimum absolute atomic E-state index is 0.0131. The van der Waals surface area contributed by atoms with Crippen molar-refractivity contribution >= 4 is 15.9 Å². The molecule has 1 unspecified atom stereocenters. The Bertz CT molecular complexity index is 309. The van der Waals surface area contributed by atoms with Crippen LogP contribution < -0.4 is 10.5 Å². The zero-order valence-electron chi connectivity index (χ0n) is 8.29. The number of rotatable bonds is 6. The monoisotopic (exact) mass is 219 g/mol. The first-order valence-corrected chi connectivity index (χ1v) is 6.37. The Balaban J connectivity index is 2.31. The fourth-order valence-corrected chi connectivity index (χ4v) is 2.59. The largest absolute Gasteiger partial charge is 0.387 e. The van der Waals surface area contributed by atoms with E-state index < -0.39 is 10.0 Å². The highest BCUT2D eigenvalue weighted by Gasteiger charge is 2.27. The number of sulfonamides is 1. The van der Waals surface area contributed by atoms with Crippen LogP contribution in [0.3, 0.4) is 0 Å². The molecular formula is C8H17N3O2S. The van der Waals surface area contributed by atoms with Crippen LogP contribution in [0.25, 0.3) is 0 Å². The second-order valence-electron chi connectivity index (χ2n) is 3.93. The Labute approximate surface area is 84.6 Å². The van der Waals surface area contributed by atoms with E-state index in [1.807, 2.05) is 0 Å².